The lowest BCUT2D eigenvalue weighted by Crippen LogP contribution is -2.13. The van der Waals surface area contributed by atoms with E-state index in [1.165, 1.54) is 26.4 Å². The van der Waals surface area contributed by atoms with Crippen molar-refractivity contribution in [2.24, 2.45) is 11.8 Å². The quantitative estimate of drug-likeness (QED) is 0.844. The molecule has 2 N–H and O–H groups in total. The number of ketones is 2. The Labute approximate surface area is 162 Å². The minimum atomic E-state index is -0.382. The molecule has 2 fully saturated rings. The van der Waals surface area contributed by atoms with Crippen LogP contribution in [0.25, 0.3) is 0 Å². The van der Waals surface area contributed by atoms with Crippen molar-refractivity contribution in [1.82, 2.24) is 0 Å². The molecule has 2 aromatic rings. The zero-order valence-electron chi connectivity index (χ0n) is 15.7. The van der Waals surface area contributed by atoms with Crippen LogP contribution in [-0.4, -0.2) is 36.0 Å². The van der Waals surface area contributed by atoms with Crippen molar-refractivity contribution in [2.75, 3.05) is 14.2 Å². The van der Waals surface area contributed by atoms with Crippen molar-refractivity contribution in [3.8, 4) is 23.0 Å². The third-order valence-electron chi connectivity index (χ3n) is 6.10. The van der Waals surface area contributed by atoms with Gasteiger partial charge in [0.1, 0.15) is 11.6 Å². The first-order valence-electron chi connectivity index (χ1n) is 9.23. The summed E-state index contributed by atoms with van der Waals surface area (Å²) in [7, 11) is 2.93. The van der Waals surface area contributed by atoms with Gasteiger partial charge in [-0.1, -0.05) is 12.1 Å². The summed E-state index contributed by atoms with van der Waals surface area (Å²) in [5.41, 5.74) is 1.53. The van der Waals surface area contributed by atoms with Crippen molar-refractivity contribution < 1.29 is 29.3 Å². The number of carbonyl (C=O) groups is 2. The number of rotatable bonds is 4. The Morgan fingerprint density at radius 1 is 0.750 bits per heavy atom. The molecule has 0 radical (unpaired) electrons. The molecule has 6 heteroatoms. The standard InChI is InChI=1S/C22H22O6/c1-27-19-7-11(3-5-15(19)23)21-13-9-18(26)22(14(13)10-17(21)25)12-4-6-16(24)20(8-12)28-2/h3-8,13-14,21-24H,9-10H2,1-2H3. The molecule has 2 aromatic carbocycles. The number of fused-ring (bicyclic) bond motifs is 1. The van der Waals surface area contributed by atoms with Crippen molar-refractivity contribution in [2.45, 2.75) is 24.7 Å². The highest BCUT2D eigenvalue weighted by Crippen LogP contribution is 2.55. The second-order valence-electron chi connectivity index (χ2n) is 7.49. The summed E-state index contributed by atoms with van der Waals surface area (Å²) < 4.78 is 10.3. The number of aromatic hydroxyl groups is 2. The largest absolute Gasteiger partial charge is 0.504 e. The van der Waals surface area contributed by atoms with E-state index in [0.717, 1.165) is 11.1 Å². The molecule has 2 saturated carbocycles. The predicted octanol–water partition coefficient (Wildman–Crippen LogP) is 3.16. The highest BCUT2D eigenvalue weighted by atomic mass is 16.5. The van der Waals surface area contributed by atoms with E-state index in [2.05, 4.69) is 0 Å². The molecule has 2 aliphatic rings. The highest BCUT2D eigenvalue weighted by Gasteiger charge is 2.54. The zero-order valence-corrected chi connectivity index (χ0v) is 15.7. The Morgan fingerprint density at radius 3 is 1.50 bits per heavy atom. The van der Waals surface area contributed by atoms with Crippen LogP contribution in [0.4, 0.5) is 0 Å². The van der Waals surface area contributed by atoms with Crippen LogP contribution in [0.15, 0.2) is 36.4 Å². The monoisotopic (exact) mass is 382 g/mol. The summed E-state index contributed by atoms with van der Waals surface area (Å²) in [5.74, 6) is -0.0552. The molecule has 6 nitrogen and oxygen atoms in total. The molecular weight excluding hydrogens is 360 g/mol. The van der Waals surface area contributed by atoms with Gasteiger partial charge in [-0.3, -0.25) is 9.59 Å². The van der Waals surface area contributed by atoms with E-state index >= 15 is 0 Å². The third kappa shape index (κ3) is 2.80. The number of methoxy groups -OCH3 is 2. The van der Waals surface area contributed by atoms with Crippen molar-refractivity contribution in [1.29, 1.82) is 0 Å². The first-order chi connectivity index (χ1) is 13.4. The lowest BCUT2D eigenvalue weighted by molar-refractivity contribution is -0.121. The highest BCUT2D eigenvalue weighted by molar-refractivity contribution is 5.96. The van der Waals surface area contributed by atoms with Crippen LogP contribution in [0, 0.1) is 11.8 Å². The average Bonchev–Trinajstić information content (AvgIpc) is 3.15. The SMILES string of the molecule is COc1cc(C2C(=O)CC3C(c4ccc(O)c(OC)c4)C(=O)CC23)ccc1O. The van der Waals surface area contributed by atoms with E-state index in [-0.39, 0.29) is 46.7 Å². The molecule has 0 aromatic heterocycles. The van der Waals surface area contributed by atoms with E-state index in [9.17, 15) is 19.8 Å². The molecule has 146 valence electrons. The Kier molecular flexibility index (Phi) is 4.49. The molecule has 0 bridgehead atoms. The van der Waals surface area contributed by atoms with Gasteiger partial charge in [-0.05, 0) is 47.2 Å². The molecule has 0 amide bonds. The minimum absolute atomic E-state index is 0.0183. The molecule has 4 unspecified atom stereocenters. The Hall–Kier alpha value is -3.02. The number of phenolic OH excluding ortho intramolecular Hbond substituents is 2. The van der Waals surface area contributed by atoms with Crippen LogP contribution in [-0.2, 0) is 9.59 Å². The summed E-state index contributed by atoms with van der Waals surface area (Å²) in [6.45, 7) is 0. The maximum Gasteiger partial charge on any atom is 0.160 e. The Bertz CT molecular complexity index is 873. The number of hydrogen-bond donors (Lipinski definition) is 2. The topological polar surface area (TPSA) is 93.1 Å². The summed E-state index contributed by atoms with van der Waals surface area (Å²) >= 11 is 0. The van der Waals surface area contributed by atoms with Gasteiger partial charge in [-0.15, -0.1) is 0 Å². The van der Waals surface area contributed by atoms with Crippen molar-refractivity contribution in [3.63, 3.8) is 0 Å². The maximum atomic E-state index is 12.9. The van der Waals surface area contributed by atoms with E-state index in [1.54, 1.807) is 24.3 Å². The van der Waals surface area contributed by atoms with Crippen molar-refractivity contribution in [3.05, 3.63) is 47.5 Å². The second-order valence-corrected chi connectivity index (χ2v) is 7.49. The van der Waals surface area contributed by atoms with Crippen molar-refractivity contribution >= 4 is 11.6 Å². The smallest absolute Gasteiger partial charge is 0.160 e. The number of hydrogen-bond acceptors (Lipinski definition) is 6. The fourth-order valence-corrected chi connectivity index (χ4v) is 4.87. The first kappa shape index (κ1) is 18.3. The first-order valence-corrected chi connectivity index (χ1v) is 9.23. The van der Waals surface area contributed by atoms with E-state index in [1.807, 2.05) is 0 Å². The molecule has 28 heavy (non-hydrogen) atoms. The van der Waals surface area contributed by atoms with Gasteiger partial charge in [0.05, 0.1) is 14.2 Å². The van der Waals surface area contributed by atoms with Crippen LogP contribution in [0.3, 0.4) is 0 Å². The average molecular weight is 382 g/mol. The molecule has 0 saturated heterocycles. The summed E-state index contributed by atoms with van der Waals surface area (Å²) in [5, 5.41) is 19.7. The van der Waals surface area contributed by atoms with E-state index < -0.39 is 0 Å². The van der Waals surface area contributed by atoms with Gasteiger partial charge in [0.2, 0.25) is 0 Å². The summed E-state index contributed by atoms with van der Waals surface area (Å²) in [6, 6.07) is 9.86. The van der Waals surface area contributed by atoms with Gasteiger partial charge in [0.15, 0.2) is 23.0 Å². The minimum Gasteiger partial charge on any atom is -0.504 e. The molecule has 0 heterocycles. The number of carbonyl (C=O) groups excluding carboxylic acids is 2. The predicted molar refractivity (Wildman–Crippen MR) is 101 cm³/mol. The van der Waals surface area contributed by atoms with Crippen LogP contribution < -0.4 is 9.47 Å². The van der Waals surface area contributed by atoms with Gasteiger partial charge in [0.25, 0.3) is 0 Å². The summed E-state index contributed by atoms with van der Waals surface area (Å²) in [6.07, 6.45) is 0.663. The fourth-order valence-electron chi connectivity index (χ4n) is 4.87. The molecule has 4 rings (SSSR count). The van der Waals surface area contributed by atoms with Gasteiger partial charge in [-0.2, -0.15) is 0 Å². The van der Waals surface area contributed by atoms with Gasteiger partial charge in [0, 0.05) is 24.7 Å². The molecular formula is C22H22O6. The molecule has 0 spiro atoms. The number of Topliss-reactive ketones (excluding diaryl/α,β-unsaturated/α-hetero) is 2. The maximum absolute atomic E-state index is 12.9. The normalized spacial score (nSPS) is 26.4. The Morgan fingerprint density at radius 2 is 1.14 bits per heavy atom. The third-order valence-corrected chi connectivity index (χ3v) is 6.10. The van der Waals surface area contributed by atoms with E-state index in [0.29, 0.717) is 24.3 Å². The molecule has 4 atom stereocenters. The summed E-state index contributed by atoms with van der Waals surface area (Å²) in [4.78, 5) is 25.7. The number of benzene rings is 2. The molecule has 2 aliphatic carbocycles. The Balaban J connectivity index is 1.69. The second kappa shape index (κ2) is 6.86. The lowest BCUT2D eigenvalue weighted by Gasteiger charge is -2.20. The molecule has 0 aliphatic heterocycles. The zero-order chi connectivity index (χ0) is 20.0. The fraction of sp³-hybridized carbons (Fsp3) is 0.364. The van der Waals surface area contributed by atoms with Crippen LogP contribution in [0.2, 0.25) is 0 Å². The number of phenols is 2. The van der Waals surface area contributed by atoms with Crippen LogP contribution in [0.5, 0.6) is 23.0 Å². The van der Waals surface area contributed by atoms with Gasteiger partial charge < -0.3 is 19.7 Å². The van der Waals surface area contributed by atoms with Gasteiger partial charge in [-0.25, -0.2) is 0 Å². The van der Waals surface area contributed by atoms with Gasteiger partial charge >= 0.3 is 0 Å². The van der Waals surface area contributed by atoms with E-state index in [4.69, 9.17) is 9.47 Å². The number of ether oxygens (including phenoxy) is 2. The van der Waals surface area contributed by atoms with Crippen LogP contribution in [0.1, 0.15) is 35.8 Å². The lowest BCUT2D eigenvalue weighted by atomic mass is 9.83. The van der Waals surface area contributed by atoms with Crippen LogP contribution >= 0.6 is 0 Å².